The zero-order valence-electron chi connectivity index (χ0n) is 10.1. The maximum Gasteiger partial charge on any atom is 0.387 e. The molecule has 1 N–H and O–H groups in total. The number of aliphatic carboxylic acids is 1. The number of carboxylic acid groups (broad SMARTS) is 1. The van der Waals surface area contributed by atoms with Crippen molar-refractivity contribution in [1.82, 2.24) is 4.31 Å². The van der Waals surface area contributed by atoms with Crippen LogP contribution in [0.15, 0.2) is 23.1 Å². The number of alkyl halides is 2. The first kappa shape index (κ1) is 16.2. The average molecular weight is 313 g/mol. The lowest BCUT2D eigenvalue weighted by molar-refractivity contribution is -0.137. The van der Waals surface area contributed by atoms with Gasteiger partial charge in [-0.15, -0.1) is 0 Å². The Hall–Kier alpha value is -1.81. The molecular formula is C10H10F3NO5S. The number of benzene rings is 1. The molecule has 0 aliphatic rings. The fourth-order valence-electron chi connectivity index (χ4n) is 1.32. The van der Waals surface area contributed by atoms with Crippen molar-refractivity contribution in [3.05, 3.63) is 24.0 Å². The van der Waals surface area contributed by atoms with Gasteiger partial charge < -0.3 is 9.84 Å². The fourth-order valence-corrected chi connectivity index (χ4v) is 2.57. The van der Waals surface area contributed by atoms with Gasteiger partial charge in [-0.3, -0.25) is 4.79 Å². The maximum atomic E-state index is 13.1. The van der Waals surface area contributed by atoms with Crippen LogP contribution in [0.4, 0.5) is 13.2 Å². The Morgan fingerprint density at radius 3 is 2.55 bits per heavy atom. The van der Waals surface area contributed by atoms with Gasteiger partial charge in [0.1, 0.15) is 23.0 Å². The number of ether oxygens (including phenoxy) is 1. The van der Waals surface area contributed by atoms with Gasteiger partial charge in [-0.2, -0.15) is 13.1 Å². The third-order valence-corrected chi connectivity index (χ3v) is 3.99. The third kappa shape index (κ3) is 3.84. The summed E-state index contributed by atoms with van der Waals surface area (Å²) < 4.78 is 65.8. The van der Waals surface area contributed by atoms with Gasteiger partial charge in [0, 0.05) is 7.05 Å². The molecule has 1 aromatic rings. The minimum atomic E-state index is -4.48. The molecule has 0 unspecified atom stereocenters. The SMILES string of the molecule is CN(CC(=O)O)S(=O)(=O)c1cc(F)ccc1OC(F)F. The monoisotopic (exact) mass is 313 g/mol. The molecule has 0 bridgehead atoms. The third-order valence-electron chi connectivity index (χ3n) is 2.17. The number of hydrogen-bond acceptors (Lipinski definition) is 4. The molecule has 20 heavy (non-hydrogen) atoms. The lowest BCUT2D eigenvalue weighted by Gasteiger charge is -2.17. The van der Waals surface area contributed by atoms with Crippen LogP contribution in [0.1, 0.15) is 0 Å². The molecule has 0 radical (unpaired) electrons. The van der Waals surface area contributed by atoms with Crippen LogP contribution in [0, 0.1) is 5.82 Å². The summed E-state index contributed by atoms with van der Waals surface area (Å²) in [5.74, 6) is -3.21. The van der Waals surface area contributed by atoms with Gasteiger partial charge in [-0.1, -0.05) is 0 Å². The molecule has 1 aromatic carbocycles. The van der Waals surface area contributed by atoms with Crippen LogP contribution in [0.3, 0.4) is 0 Å². The highest BCUT2D eigenvalue weighted by atomic mass is 32.2. The van der Waals surface area contributed by atoms with Crippen molar-refractivity contribution in [2.24, 2.45) is 0 Å². The Labute approximate surface area is 112 Å². The molecule has 1 rings (SSSR count). The van der Waals surface area contributed by atoms with Crippen molar-refractivity contribution in [2.75, 3.05) is 13.6 Å². The molecule has 0 heterocycles. The highest BCUT2D eigenvalue weighted by Crippen LogP contribution is 2.28. The number of nitrogens with zero attached hydrogens (tertiary/aromatic N) is 1. The van der Waals surface area contributed by atoms with Crippen LogP contribution < -0.4 is 4.74 Å². The summed E-state index contributed by atoms with van der Waals surface area (Å²) in [6, 6.07) is 1.95. The average Bonchev–Trinajstić information content (AvgIpc) is 2.29. The van der Waals surface area contributed by atoms with Gasteiger partial charge >= 0.3 is 12.6 Å². The number of likely N-dealkylation sites (N-methyl/N-ethyl adjacent to an activating group) is 1. The number of carboxylic acids is 1. The zero-order chi connectivity index (χ0) is 15.5. The number of rotatable bonds is 6. The number of sulfonamides is 1. The summed E-state index contributed by atoms with van der Waals surface area (Å²) in [7, 11) is -3.56. The van der Waals surface area contributed by atoms with E-state index in [4.69, 9.17) is 5.11 Å². The minimum absolute atomic E-state index is 0.377. The lowest BCUT2D eigenvalue weighted by atomic mass is 10.3. The fraction of sp³-hybridized carbons (Fsp3) is 0.300. The summed E-state index contributed by atoms with van der Waals surface area (Å²) in [5, 5.41) is 8.53. The van der Waals surface area contributed by atoms with E-state index in [1.165, 1.54) is 0 Å². The van der Waals surface area contributed by atoms with E-state index in [1.807, 2.05) is 0 Å². The zero-order valence-corrected chi connectivity index (χ0v) is 10.9. The Balaban J connectivity index is 3.28. The molecule has 0 amide bonds. The lowest BCUT2D eigenvalue weighted by Crippen LogP contribution is -2.32. The van der Waals surface area contributed by atoms with Gasteiger partial charge in [0.15, 0.2) is 0 Å². The molecule has 112 valence electrons. The second-order valence-electron chi connectivity index (χ2n) is 3.62. The number of carbonyl (C=O) groups is 1. The Morgan fingerprint density at radius 1 is 1.45 bits per heavy atom. The molecule has 0 spiro atoms. The van der Waals surface area contributed by atoms with Crippen molar-refractivity contribution < 1.29 is 36.2 Å². The van der Waals surface area contributed by atoms with E-state index in [0.29, 0.717) is 10.4 Å². The second-order valence-corrected chi connectivity index (χ2v) is 5.64. The Kier molecular flexibility index (Phi) is 4.95. The van der Waals surface area contributed by atoms with Crippen LogP contribution in [-0.4, -0.2) is 44.0 Å². The first-order valence-corrected chi connectivity index (χ1v) is 6.51. The van der Waals surface area contributed by atoms with E-state index in [2.05, 4.69) is 4.74 Å². The maximum absolute atomic E-state index is 13.1. The first-order chi connectivity index (χ1) is 9.14. The normalized spacial score (nSPS) is 11.9. The van der Waals surface area contributed by atoms with Crippen LogP contribution in [-0.2, 0) is 14.8 Å². The summed E-state index contributed by atoms with van der Waals surface area (Å²) in [6.07, 6.45) is 0. The molecular weight excluding hydrogens is 303 g/mol. The Bertz CT molecular complexity index is 605. The molecule has 0 saturated carbocycles. The number of hydrogen-bond donors (Lipinski definition) is 1. The first-order valence-electron chi connectivity index (χ1n) is 5.07. The van der Waals surface area contributed by atoms with Crippen molar-refractivity contribution in [3.63, 3.8) is 0 Å². The van der Waals surface area contributed by atoms with Gasteiger partial charge in [-0.25, -0.2) is 12.8 Å². The topological polar surface area (TPSA) is 83.9 Å². The van der Waals surface area contributed by atoms with Gasteiger partial charge in [-0.05, 0) is 18.2 Å². The highest BCUT2D eigenvalue weighted by molar-refractivity contribution is 7.89. The Morgan fingerprint density at radius 2 is 2.05 bits per heavy atom. The summed E-state index contributed by atoms with van der Waals surface area (Å²) in [4.78, 5) is 9.61. The predicted molar refractivity (Wildman–Crippen MR) is 60.5 cm³/mol. The predicted octanol–water partition coefficient (Wildman–Crippen LogP) is 1.13. The summed E-state index contributed by atoms with van der Waals surface area (Å²) in [6.45, 7) is -4.22. The van der Waals surface area contributed by atoms with Crippen LogP contribution in [0.5, 0.6) is 5.75 Å². The molecule has 0 aromatic heterocycles. The summed E-state index contributed by atoms with van der Waals surface area (Å²) in [5.41, 5.74) is 0. The molecule has 0 fully saturated rings. The van der Waals surface area contributed by atoms with E-state index in [-0.39, 0.29) is 0 Å². The molecule has 0 aliphatic heterocycles. The largest absolute Gasteiger partial charge is 0.480 e. The van der Waals surface area contributed by atoms with Crippen LogP contribution in [0.25, 0.3) is 0 Å². The van der Waals surface area contributed by atoms with E-state index in [0.717, 1.165) is 19.2 Å². The standard InChI is InChI=1S/C10H10F3NO5S/c1-14(5-9(15)16)20(17,18)8-4-6(11)2-3-7(8)19-10(12)13/h2-4,10H,5H2,1H3,(H,15,16). The number of halogens is 3. The summed E-state index contributed by atoms with van der Waals surface area (Å²) >= 11 is 0. The van der Waals surface area contributed by atoms with E-state index < -0.39 is 45.6 Å². The van der Waals surface area contributed by atoms with E-state index in [1.54, 1.807) is 0 Å². The van der Waals surface area contributed by atoms with Crippen LogP contribution >= 0.6 is 0 Å². The van der Waals surface area contributed by atoms with Crippen molar-refractivity contribution in [1.29, 1.82) is 0 Å². The highest BCUT2D eigenvalue weighted by Gasteiger charge is 2.28. The van der Waals surface area contributed by atoms with Crippen molar-refractivity contribution in [2.45, 2.75) is 11.5 Å². The van der Waals surface area contributed by atoms with Crippen molar-refractivity contribution in [3.8, 4) is 5.75 Å². The van der Waals surface area contributed by atoms with Crippen molar-refractivity contribution >= 4 is 16.0 Å². The van der Waals surface area contributed by atoms with Gasteiger partial charge in [0.05, 0.1) is 0 Å². The second kappa shape index (κ2) is 6.09. The van der Waals surface area contributed by atoms with Gasteiger partial charge in [0.25, 0.3) is 0 Å². The minimum Gasteiger partial charge on any atom is -0.480 e. The van der Waals surface area contributed by atoms with E-state index in [9.17, 15) is 26.4 Å². The van der Waals surface area contributed by atoms with Gasteiger partial charge in [0.2, 0.25) is 10.0 Å². The smallest absolute Gasteiger partial charge is 0.387 e. The molecule has 0 aliphatic carbocycles. The molecule has 10 heteroatoms. The molecule has 6 nitrogen and oxygen atoms in total. The quantitative estimate of drug-likeness (QED) is 0.851. The molecule has 0 saturated heterocycles. The molecule has 0 atom stereocenters. The van der Waals surface area contributed by atoms with E-state index >= 15 is 0 Å². The van der Waals surface area contributed by atoms with Crippen LogP contribution in [0.2, 0.25) is 0 Å².